The Bertz CT molecular complexity index is 650. The third kappa shape index (κ3) is 2.25. The summed E-state index contributed by atoms with van der Waals surface area (Å²) in [5.41, 5.74) is 2.35. The lowest BCUT2D eigenvalue weighted by Gasteiger charge is -2.30. The third-order valence-electron chi connectivity index (χ3n) is 3.58. The van der Waals surface area contributed by atoms with Gasteiger partial charge in [-0.25, -0.2) is 4.79 Å². The van der Waals surface area contributed by atoms with Gasteiger partial charge >= 0.3 is 5.97 Å². The van der Waals surface area contributed by atoms with Crippen LogP contribution in [0.3, 0.4) is 0 Å². The molecule has 3 rings (SSSR count). The Morgan fingerprint density at radius 2 is 2.25 bits per heavy atom. The van der Waals surface area contributed by atoms with Crippen LogP contribution in [0.1, 0.15) is 20.8 Å². The van der Waals surface area contributed by atoms with Crippen LogP contribution in [-0.4, -0.2) is 24.7 Å². The average molecular weight is 289 g/mol. The average Bonchev–Trinajstić information content (AvgIpc) is 2.93. The molecule has 1 aliphatic heterocycles. The van der Waals surface area contributed by atoms with Crippen molar-refractivity contribution in [3.8, 4) is 5.75 Å². The van der Waals surface area contributed by atoms with Crippen LogP contribution in [-0.2, 0) is 13.0 Å². The molecule has 0 aliphatic carbocycles. The monoisotopic (exact) mass is 289 g/mol. The first kappa shape index (κ1) is 13.0. The van der Waals surface area contributed by atoms with E-state index in [1.54, 1.807) is 36.6 Å². The molecule has 1 aromatic carbocycles. The molecule has 0 saturated heterocycles. The first-order chi connectivity index (χ1) is 9.69. The second-order valence-corrected chi connectivity index (χ2v) is 5.73. The normalized spacial score (nSPS) is 13.9. The lowest BCUT2D eigenvalue weighted by molar-refractivity contribution is 0.0697. The van der Waals surface area contributed by atoms with Crippen LogP contribution >= 0.6 is 11.3 Å². The SMILES string of the molecule is COc1ccc(C(=O)O)c(N2CCc3sccc3C2)c1. The van der Waals surface area contributed by atoms with Gasteiger partial charge in [0.2, 0.25) is 0 Å². The van der Waals surface area contributed by atoms with Crippen LogP contribution < -0.4 is 9.64 Å². The van der Waals surface area contributed by atoms with E-state index in [1.165, 1.54) is 10.4 Å². The highest BCUT2D eigenvalue weighted by Crippen LogP contribution is 2.32. The van der Waals surface area contributed by atoms with Gasteiger partial charge in [0.1, 0.15) is 5.75 Å². The van der Waals surface area contributed by atoms with E-state index < -0.39 is 5.97 Å². The van der Waals surface area contributed by atoms with Crippen LogP contribution in [0.15, 0.2) is 29.6 Å². The maximum absolute atomic E-state index is 11.4. The summed E-state index contributed by atoms with van der Waals surface area (Å²) in [5, 5.41) is 11.4. The topological polar surface area (TPSA) is 49.8 Å². The summed E-state index contributed by atoms with van der Waals surface area (Å²) in [7, 11) is 1.59. The fourth-order valence-electron chi connectivity index (χ4n) is 2.53. The Hall–Kier alpha value is -2.01. The lowest BCUT2D eigenvalue weighted by atomic mass is 10.1. The summed E-state index contributed by atoms with van der Waals surface area (Å²) < 4.78 is 5.22. The van der Waals surface area contributed by atoms with Gasteiger partial charge in [-0.1, -0.05) is 0 Å². The molecule has 20 heavy (non-hydrogen) atoms. The highest BCUT2D eigenvalue weighted by Gasteiger charge is 2.22. The molecule has 0 amide bonds. The van der Waals surface area contributed by atoms with Gasteiger partial charge in [-0.15, -0.1) is 11.3 Å². The molecule has 2 aromatic rings. The van der Waals surface area contributed by atoms with Gasteiger partial charge in [-0.05, 0) is 35.6 Å². The Labute approximate surface area is 121 Å². The zero-order valence-corrected chi connectivity index (χ0v) is 11.9. The number of hydrogen-bond acceptors (Lipinski definition) is 4. The largest absolute Gasteiger partial charge is 0.497 e. The van der Waals surface area contributed by atoms with Crippen molar-refractivity contribution >= 4 is 23.0 Å². The maximum Gasteiger partial charge on any atom is 0.337 e. The third-order valence-corrected chi connectivity index (χ3v) is 4.61. The van der Waals surface area contributed by atoms with Crippen LogP contribution in [0.4, 0.5) is 5.69 Å². The summed E-state index contributed by atoms with van der Waals surface area (Å²) in [4.78, 5) is 14.9. The van der Waals surface area contributed by atoms with Crippen molar-refractivity contribution in [2.24, 2.45) is 0 Å². The van der Waals surface area contributed by atoms with Crippen LogP contribution in [0.5, 0.6) is 5.75 Å². The Morgan fingerprint density at radius 3 is 3.00 bits per heavy atom. The number of benzene rings is 1. The van der Waals surface area contributed by atoms with Gasteiger partial charge in [0.05, 0.1) is 18.4 Å². The number of hydrogen-bond donors (Lipinski definition) is 1. The Balaban J connectivity index is 1.99. The minimum Gasteiger partial charge on any atom is -0.497 e. The second-order valence-electron chi connectivity index (χ2n) is 4.73. The van der Waals surface area contributed by atoms with Gasteiger partial charge in [0.25, 0.3) is 0 Å². The molecule has 1 aromatic heterocycles. The van der Waals surface area contributed by atoms with E-state index in [1.807, 2.05) is 0 Å². The number of fused-ring (bicyclic) bond motifs is 1. The number of thiophene rings is 1. The smallest absolute Gasteiger partial charge is 0.337 e. The molecule has 1 aliphatic rings. The van der Waals surface area contributed by atoms with E-state index in [2.05, 4.69) is 16.3 Å². The fourth-order valence-corrected chi connectivity index (χ4v) is 3.42. The van der Waals surface area contributed by atoms with Crippen LogP contribution in [0.2, 0.25) is 0 Å². The van der Waals surface area contributed by atoms with E-state index in [0.29, 0.717) is 11.3 Å². The summed E-state index contributed by atoms with van der Waals surface area (Å²) in [6.07, 6.45) is 0.962. The van der Waals surface area contributed by atoms with E-state index in [0.717, 1.165) is 25.2 Å². The number of rotatable bonds is 3. The molecular weight excluding hydrogens is 274 g/mol. The number of methoxy groups -OCH3 is 1. The minimum absolute atomic E-state index is 0.324. The predicted octanol–water partition coefficient (Wildman–Crippen LogP) is 3.02. The number of nitrogens with zero attached hydrogens (tertiary/aromatic N) is 1. The standard InChI is InChI=1S/C15H15NO3S/c1-19-11-2-3-12(15(17)18)13(8-11)16-6-4-14-10(9-16)5-7-20-14/h2-3,5,7-8H,4,6,9H2,1H3,(H,17,18). The van der Waals surface area contributed by atoms with Gasteiger partial charge in [0, 0.05) is 24.0 Å². The molecule has 4 nitrogen and oxygen atoms in total. The van der Waals surface area contributed by atoms with Crippen molar-refractivity contribution in [3.05, 3.63) is 45.6 Å². The maximum atomic E-state index is 11.4. The number of anilines is 1. The fraction of sp³-hybridized carbons (Fsp3) is 0.267. The number of aromatic carboxylic acids is 1. The summed E-state index contributed by atoms with van der Waals surface area (Å²) >= 11 is 1.77. The quantitative estimate of drug-likeness (QED) is 0.943. The van der Waals surface area contributed by atoms with Gasteiger partial charge in [-0.3, -0.25) is 0 Å². The lowest BCUT2D eigenvalue weighted by Crippen LogP contribution is -2.30. The second kappa shape index (κ2) is 5.17. The molecule has 104 valence electrons. The minimum atomic E-state index is -0.904. The van der Waals surface area contributed by atoms with Gasteiger partial charge in [-0.2, -0.15) is 0 Å². The van der Waals surface area contributed by atoms with E-state index in [4.69, 9.17) is 4.74 Å². The Morgan fingerprint density at radius 1 is 1.40 bits per heavy atom. The molecule has 0 unspecified atom stereocenters. The highest BCUT2D eigenvalue weighted by atomic mass is 32.1. The van der Waals surface area contributed by atoms with Crippen molar-refractivity contribution in [1.82, 2.24) is 0 Å². The number of ether oxygens (including phenoxy) is 1. The van der Waals surface area contributed by atoms with E-state index in [9.17, 15) is 9.90 Å². The number of carboxylic acid groups (broad SMARTS) is 1. The molecule has 0 saturated carbocycles. The van der Waals surface area contributed by atoms with E-state index >= 15 is 0 Å². The molecule has 0 fully saturated rings. The van der Waals surface area contributed by atoms with Crippen LogP contribution in [0.25, 0.3) is 0 Å². The highest BCUT2D eigenvalue weighted by molar-refractivity contribution is 7.10. The van der Waals surface area contributed by atoms with Gasteiger partial charge < -0.3 is 14.7 Å². The zero-order chi connectivity index (χ0) is 14.1. The van der Waals surface area contributed by atoms with Crippen LogP contribution in [0, 0.1) is 0 Å². The predicted molar refractivity (Wildman–Crippen MR) is 79.0 cm³/mol. The van der Waals surface area contributed by atoms with E-state index in [-0.39, 0.29) is 0 Å². The van der Waals surface area contributed by atoms with Gasteiger partial charge in [0.15, 0.2) is 0 Å². The first-order valence-corrected chi connectivity index (χ1v) is 7.28. The molecule has 1 N–H and O–H groups in total. The molecule has 0 spiro atoms. The summed E-state index contributed by atoms with van der Waals surface area (Å²) in [6.45, 7) is 1.59. The molecule has 0 bridgehead atoms. The zero-order valence-electron chi connectivity index (χ0n) is 11.1. The molecular formula is C15H15NO3S. The molecule has 5 heteroatoms. The molecule has 0 radical (unpaired) electrons. The van der Waals surface area contributed by atoms with Crippen molar-refractivity contribution < 1.29 is 14.6 Å². The van der Waals surface area contributed by atoms with Crippen molar-refractivity contribution in [1.29, 1.82) is 0 Å². The summed E-state index contributed by atoms with van der Waals surface area (Å²) in [6, 6.07) is 7.22. The number of carboxylic acids is 1. The molecule has 2 heterocycles. The van der Waals surface area contributed by atoms with Crippen molar-refractivity contribution in [3.63, 3.8) is 0 Å². The Kier molecular flexibility index (Phi) is 3.36. The van der Waals surface area contributed by atoms with Crippen molar-refractivity contribution in [2.75, 3.05) is 18.6 Å². The summed E-state index contributed by atoms with van der Waals surface area (Å²) in [5.74, 6) is -0.222. The molecule has 0 atom stereocenters. The first-order valence-electron chi connectivity index (χ1n) is 6.40. The van der Waals surface area contributed by atoms with Crippen molar-refractivity contribution in [2.45, 2.75) is 13.0 Å². The number of carbonyl (C=O) groups is 1.